The second-order valence-corrected chi connectivity index (χ2v) is 3.50. The van der Waals surface area contributed by atoms with Crippen LogP contribution in [0.15, 0.2) is 0 Å². The number of thiocarbonyl (C=S) groups is 1. The molecular formula is C9H17NO2S. The molecule has 0 aromatic rings. The summed E-state index contributed by atoms with van der Waals surface area (Å²) in [5, 5.41) is 11.6. The Morgan fingerprint density at radius 2 is 2.15 bits per heavy atom. The predicted octanol–water partition coefficient (Wildman–Crippen LogP) is 1.81. The Balaban J connectivity index is 3.56. The molecule has 0 rings (SSSR count). The molecule has 2 N–H and O–H groups in total. The highest BCUT2D eigenvalue weighted by molar-refractivity contribution is 7.80. The number of aliphatic carboxylic acids is 1. The lowest BCUT2D eigenvalue weighted by Crippen LogP contribution is -2.32. The summed E-state index contributed by atoms with van der Waals surface area (Å²) < 4.78 is 0. The van der Waals surface area contributed by atoms with Crippen molar-refractivity contribution in [1.82, 2.24) is 5.32 Å². The molecule has 0 aliphatic carbocycles. The normalized spacial score (nSPS) is 12.2. The molecule has 0 aromatic heterocycles. The van der Waals surface area contributed by atoms with E-state index in [-0.39, 0.29) is 0 Å². The highest BCUT2D eigenvalue weighted by Crippen LogP contribution is 1.98. The second-order valence-electron chi connectivity index (χ2n) is 3.06. The average Bonchev–Trinajstić information content (AvgIpc) is 2.10. The van der Waals surface area contributed by atoms with Gasteiger partial charge in [-0.05, 0) is 13.3 Å². The molecule has 3 nitrogen and oxygen atoms in total. The van der Waals surface area contributed by atoms with Crippen LogP contribution in [0.5, 0.6) is 0 Å². The fourth-order valence-corrected chi connectivity index (χ4v) is 1.05. The first-order chi connectivity index (χ1) is 6.09. The summed E-state index contributed by atoms with van der Waals surface area (Å²) in [5.74, 6) is -1.44. The lowest BCUT2D eigenvalue weighted by Gasteiger charge is -2.10. The van der Waals surface area contributed by atoms with E-state index < -0.39 is 11.9 Å². The van der Waals surface area contributed by atoms with Gasteiger partial charge in [0.15, 0.2) is 0 Å². The van der Waals surface area contributed by atoms with Crippen molar-refractivity contribution in [3.63, 3.8) is 0 Å². The van der Waals surface area contributed by atoms with Gasteiger partial charge < -0.3 is 10.4 Å². The minimum Gasteiger partial charge on any atom is -0.481 e. The van der Waals surface area contributed by atoms with Gasteiger partial charge in [0, 0.05) is 6.54 Å². The van der Waals surface area contributed by atoms with Crippen molar-refractivity contribution in [2.45, 2.75) is 33.1 Å². The molecule has 13 heavy (non-hydrogen) atoms. The molecule has 0 aliphatic rings. The molecule has 0 aromatic carbocycles. The van der Waals surface area contributed by atoms with Crippen LogP contribution < -0.4 is 5.32 Å². The Bertz CT molecular complexity index is 182. The predicted molar refractivity (Wildman–Crippen MR) is 56.9 cm³/mol. The first-order valence-corrected chi connectivity index (χ1v) is 5.01. The van der Waals surface area contributed by atoms with Gasteiger partial charge in [0.05, 0.1) is 4.99 Å². The quantitative estimate of drug-likeness (QED) is 0.510. The molecule has 1 unspecified atom stereocenters. The molecule has 0 aliphatic heterocycles. The third-order valence-corrected chi connectivity index (χ3v) is 2.34. The topological polar surface area (TPSA) is 49.3 Å². The maximum atomic E-state index is 10.5. The molecule has 0 fully saturated rings. The summed E-state index contributed by atoms with van der Waals surface area (Å²) in [4.78, 5) is 10.9. The van der Waals surface area contributed by atoms with Gasteiger partial charge in [-0.1, -0.05) is 32.0 Å². The number of rotatable bonds is 6. The Labute approximate surface area is 84.5 Å². The maximum absolute atomic E-state index is 10.5. The summed E-state index contributed by atoms with van der Waals surface area (Å²) in [6, 6.07) is 0. The molecule has 0 heterocycles. The van der Waals surface area contributed by atoms with Crippen molar-refractivity contribution in [3.8, 4) is 0 Å². The summed E-state index contributed by atoms with van der Waals surface area (Å²) in [7, 11) is 0. The Morgan fingerprint density at radius 3 is 2.62 bits per heavy atom. The third-order valence-electron chi connectivity index (χ3n) is 1.84. The van der Waals surface area contributed by atoms with Crippen molar-refractivity contribution in [2.75, 3.05) is 6.54 Å². The molecule has 0 amide bonds. The molecule has 0 radical (unpaired) electrons. The smallest absolute Gasteiger partial charge is 0.313 e. The van der Waals surface area contributed by atoms with Crippen LogP contribution >= 0.6 is 12.2 Å². The molecule has 4 heteroatoms. The van der Waals surface area contributed by atoms with Gasteiger partial charge in [-0.25, -0.2) is 0 Å². The lowest BCUT2D eigenvalue weighted by molar-refractivity contribution is -0.138. The zero-order valence-electron chi connectivity index (χ0n) is 8.17. The monoisotopic (exact) mass is 203 g/mol. The number of hydrogen-bond donors (Lipinski definition) is 2. The Kier molecular flexibility index (Phi) is 6.49. The number of hydrogen-bond acceptors (Lipinski definition) is 2. The van der Waals surface area contributed by atoms with Gasteiger partial charge >= 0.3 is 5.97 Å². The largest absolute Gasteiger partial charge is 0.481 e. The number of unbranched alkanes of at least 4 members (excludes halogenated alkanes) is 2. The van der Waals surface area contributed by atoms with E-state index >= 15 is 0 Å². The van der Waals surface area contributed by atoms with E-state index in [4.69, 9.17) is 17.3 Å². The molecule has 0 bridgehead atoms. The fraction of sp³-hybridized carbons (Fsp3) is 0.778. The first-order valence-electron chi connectivity index (χ1n) is 4.60. The highest BCUT2D eigenvalue weighted by atomic mass is 32.1. The van der Waals surface area contributed by atoms with Gasteiger partial charge in [0.2, 0.25) is 0 Å². The van der Waals surface area contributed by atoms with Crippen LogP contribution in [-0.4, -0.2) is 22.6 Å². The van der Waals surface area contributed by atoms with Crippen LogP contribution in [0, 0.1) is 5.92 Å². The van der Waals surface area contributed by atoms with Crippen molar-refractivity contribution in [1.29, 1.82) is 0 Å². The number of nitrogens with one attached hydrogen (secondary N) is 1. The van der Waals surface area contributed by atoms with Crippen molar-refractivity contribution in [2.24, 2.45) is 5.92 Å². The number of carbonyl (C=O) groups is 1. The molecule has 0 spiro atoms. The van der Waals surface area contributed by atoms with E-state index in [1.54, 1.807) is 6.92 Å². The standard InChI is InChI=1S/C9H17NO2S/c1-3-4-5-6-10-8(13)7(2)9(11)12/h7H,3-6H2,1-2H3,(H,10,13)(H,11,12). The molecular weight excluding hydrogens is 186 g/mol. The number of carboxylic acid groups (broad SMARTS) is 1. The number of carboxylic acids is 1. The Hall–Kier alpha value is -0.640. The van der Waals surface area contributed by atoms with Crippen LogP contribution in [0.4, 0.5) is 0 Å². The molecule has 1 atom stereocenters. The summed E-state index contributed by atoms with van der Waals surface area (Å²) in [6.07, 6.45) is 3.35. The van der Waals surface area contributed by atoms with E-state index in [1.807, 2.05) is 0 Å². The zero-order valence-corrected chi connectivity index (χ0v) is 8.99. The minimum absolute atomic E-state index is 0.434. The van der Waals surface area contributed by atoms with Gasteiger partial charge in [-0.2, -0.15) is 0 Å². The van der Waals surface area contributed by atoms with Crippen LogP contribution in [0.2, 0.25) is 0 Å². The van der Waals surface area contributed by atoms with E-state index in [9.17, 15) is 4.79 Å². The van der Waals surface area contributed by atoms with E-state index in [1.165, 1.54) is 0 Å². The molecule has 0 saturated heterocycles. The van der Waals surface area contributed by atoms with Crippen LogP contribution in [-0.2, 0) is 4.79 Å². The lowest BCUT2D eigenvalue weighted by atomic mass is 10.2. The SMILES string of the molecule is CCCCCNC(=S)C(C)C(=O)O. The van der Waals surface area contributed by atoms with Crippen molar-refractivity contribution in [3.05, 3.63) is 0 Å². The van der Waals surface area contributed by atoms with Gasteiger partial charge in [0.25, 0.3) is 0 Å². The van der Waals surface area contributed by atoms with Gasteiger partial charge in [-0.3, -0.25) is 4.79 Å². The first kappa shape index (κ1) is 12.4. The van der Waals surface area contributed by atoms with Crippen LogP contribution in [0.1, 0.15) is 33.1 Å². The molecule has 76 valence electrons. The summed E-state index contributed by atoms with van der Waals surface area (Å²) >= 11 is 4.91. The van der Waals surface area contributed by atoms with Gasteiger partial charge in [-0.15, -0.1) is 0 Å². The fourth-order valence-electron chi connectivity index (χ4n) is 0.852. The van der Waals surface area contributed by atoms with E-state index in [0.717, 1.165) is 25.8 Å². The van der Waals surface area contributed by atoms with Crippen molar-refractivity contribution >= 4 is 23.2 Å². The van der Waals surface area contributed by atoms with Crippen LogP contribution in [0.3, 0.4) is 0 Å². The third kappa shape index (κ3) is 5.58. The average molecular weight is 203 g/mol. The zero-order chi connectivity index (χ0) is 10.3. The minimum atomic E-state index is -0.868. The molecule has 0 saturated carbocycles. The maximum Gasteiger partial charge on any atom is 0.313 e. The van der Waals surface area contributed by atoms with Crippen LogP contribution in [0.25, 0.3) is 0 Å². The summed E-state index contributed by atoms with van der Waals surface area (Å²) in [5.41, 5.74) is 0. The van der Waals surface area contributed by atoms with E-state index in [0.29, 0.717) is 4.99 Å². The highest BCUT2D eigenvalue weighted by Gasteiger charge is 2.15. The van der Waals surface area contributed by atoms with Gasteiger partial charge in [0.1, 0.15) is 5.92 Å². The van der Waals surface area contributed by atoms with E-state index in [2.05, 4.69) is 12.2 Å². The summed E-state index contributed by atoms with van der Waals surface area (Å²) in [6.45, 7) is 4.50. The van der Waals surface area contributed by atoms with Crippen molar-refractivity contribution < 1.29 is 9.90 Å². The second kappa shape index (κ2) is 6.83. The Morgan fingerprint density at radius 1 is 1.54 bits per heavy atom.